The van der Waals surface area contributed by atoms with Crippen molar-refractivity contribution >= 4 is 11.0 Å². The SMILES string of the molecule is O=c1oc2ccccc2c(O)c1C1N=NC1c1ccco1. The predicted molar refractivity (Wildman–Crippen MR) is 73.2 cm³/mol. The van der Waals surface area contributed by atoms with Crippen LogP contribution in [-0.4, -0.2) is 5.11 Å². The van der Waals surface area contributed by atoms with Crippen LogP contribution in [0.4, 0.5) is 0 Å². The van der Waals surface area contributed by atoms with Gasteiger partial charge >= 0.3 is 5.63 Å². The molecule has 0 fully saturated rings. The zero-order valence-electron chi connectivity index (χ0n) is 10.8. The fraction of sp³-hybridized carbons (Fsp3) is 0.133. The van der Waals surface area contributed by atoms with Gasteiger partial charge in [-0.2, -0.15) is 10.2 Å². The number of fused-ring (bicyclic) bond motifs is 1. The summed E-state index contributed by atoms with van der Waals surface area (Å²) in [7, 11) is 0. The Morgan fingerprint density at radius 3 is 2.57 bits per heavy atom. The van der Waals surface area contributed by atoms with Gasteiger partial charge < -0.3 is 13.9 Å². The number of benzene rings is 1. The molecule has 2 unspecified atom stereocenters. The van der Waals surface area contributed by atoms with E-state index in [9.17, 15) is 9.90 Å². The van der Waals surface area contributed by atoms with Gasteiger partial charge in [-0.05, 0) is 24.3 Å². The van der Waals surface area contributed by atoms with Crippen molar-refractivity contribution in [2.45, 2.75) is 12.1 Å². The molecule has 1 aliphatic rings. The molecule has 21 heavy (non-hydrogen) atoms. The van der Waals surface area contributed by atoms with Crippen molar-refractivity contribution in [3.05, 3.63) is 64.4 Å². The van der Waals surface area contributed by atoms with E-state index in [1.807, 2.05) is 0 Å². The first-order valence-corrected chi connectivity index (χ1v) is 6.44. The first kappa shape index (κ1) is 11.9. The van der Waals surface area contributed by atoms with Crippen LogP contribution in [0, 0.1) is 0 Å². The van der Waals surface area contributed by atoms with Crippen LogP contribution in [0.1, 0.15) is 23.4 Å². The molecule has 0 radical (unpaired) electrons. The molecule has 0 bridgehead atoms. The molecule has 2 atom stereocenters. The third-order valence-electron chi connectivity index (χ3n) is 3.56. The molecule has 6 heteroatoms. The lowest BCUT2D eigenvalue weighted by Gasteiger charge is -2.24. The van der Waals surface area contributed by atoms with Gasteiger partial charge in [-0.1, -0.05) is 12.1 Å². The van der Waals surface area contributed by atoms with Crippen LogP contribution in [0.3, 0.4) is 0 Å². The first-order chi connectivity index (χ1) is 10.3. The molecule has 4 rings (SSSR count). The highest BCUT2D eigenvalue weighted by Gasteiger charge is 2.38. The highest BCUT2D eigenvalue weighted by atomic mass is 16.4. The maximum absolute atomic E-state index is 12.1. The normalized spacial score (nSPS) is 20.6. The quantitative estimate of drug-likeness (QED) is 0.730. The summed E-state index contributed by atoms with van der Waals surface area (Å²) in [6.45, 7) is 0. The molecule has 6 nitrogen and oxygen atoms in total. The summed E-state index contributed by atoms with van der Waals surface area (Å²) >= 11 is 0. The molecule has 104 valence electrons. The molecule has 2 aromatic heterocycles. The summed E-state index contributed by atoms with van der Waals surface area (Å²) in [4.78, 5) is 12.1. The largest absolute Gasteiger partial charge is 0.507 e. The number of furan rings is 1. The molecule has 0 saturated heterocycles. The monoisotopic (exact) mass is 282 g/mol. The second kappa shape index (κ2) is 4.31. The summed E-state index contributed by atoms with van der Waals surface area (Å²) < 4.78 is 10.5. The van der Waals surface area contributed by atoms with E-state index in [2.05, 4.69) is 10.2 Å². The van der Waals surface area contributed by atoms with Crippen LogP contribution in [0.5, 0.6) is 5.75 Å². The number of azo groups is 1. The lowest BCUT2D eigenvalue weighted by Crippen LogP contribution is -2.21. The standard InChI is InChI=1S/C15H10N2O4/c18-14-8-4-1-2-5-9(8)21-15(19)11(14)13-12(16-17-13)10-6-3-7-20-10/h1-7,12-13,18H. The topological polar surface area (TPSA) is 88.3 Å². The molecular formula is C15H10N2O4. The van der Waals surface area contributed by atoms with Crippen molar-refractivity contribution in [2.75, 3.05) is 0 Å². The number of hydrogen-bond acceptors (Lipinski definition) is 6. The highest BCUT2D eigenvalue weighted by Crippen LogP contribution is 2.46. The molecule has 3 aromatic rings. The van der Waals surface area contributed by atoms with E-state index in [0.717, 1.165) is 0 Å². The second-order valence-electron chi connectivity index (χ2n) is 4.78. The average molecular weight is 282 g/mol. The average Bonchev–Trinajstić information content (AvgIpc) is 2.95. The van der Waals surface area contributed by atoms with E-state index in [-0.39, 0.29) is 11.3 Å². The molecule has 1 aliphatic heterocycles. The van der Waals surface area contributed by atoms with Gasteiger partial charge in [-0.3, -0.25) is 0 Å². The second-order valence-corrected chi connectivity index (χ2v) is 4.78. The number of rotatable bonds is 2. The number of nitrogens with zero attached hydrogens (tertiary/aromatic N) is 2. The maximum Gasteiger partial charge on any atom is 0.345 e. The Morgan fingerprint density at radius 1 is 1.05 bits per heavy atom. The number of aromatic hydroxyl groups is 1. The van der Waals surface area contributed by atoms with Crippen LogP contribution < -0.4 is 5.63 Å². The summed E-state index contributed by atoms with van der Waals surface area (Å²) in [5.41, 5.74) is -0.147. The molecule has 0 amide bonds. The lowest BCUT2D eigenvalue weighted by molar-refractivity contribution is 0.333. The van der Waals surface area contributed by atoms with Gasteiger partial charge in [-0.25, -0.2) is 4.79 Å². The zero-order chi connectivity index (χ0) is 14.4. The summed E-state index contributed by atoms with van der Waals surface area (Å²) in [6, 6.07) is 9.32. The van der Waals surface area contributed by atoms with E-state index in [1.165, 1.54) is 6.26 Å². The molecule has 0 spiro atoms. The summed E-state index contributed by atoms with van der Waals surface area (Å²) in [6.07, 6.45) is 1.53. The first-order valence-electron chi connectivity index (χ1n) is 6.44. The van der Waals surface area contributed by atoms with Crippen LogP contribution in [0.2, 0.25) is 0 Å². The van der Waals surface area contributed by atoms with E-state index < -0.39 is 17.7 Å². The number of para-hydroxylation sites is 1. The molecule has 0 aliphatic carbocycles. The Morgan fingerprint density at radius 2 is 1.86 bits per heavy atom. The smallest absolute Gasteiger partial charge is 0.345 e. The molecule has 0 saturated carbocycles. The molecule has 3 heterocycles. The van der Waals surface area contributed by atoms with Gasteiger partial charge in [0, 0.05) is 0 Å². The van der Waals surface area contributed by atoms with Gasteiger partial charge in [0.2, 0.25) is 0 Å². The van der Waals surface area contributed by atoms with Crippen LogP contribution in [-0.2, 0) is 0 Å². The van der Waals surface area contributed by atoms with Crippen molar-refractivity contribution < 1.29 is 13.9 Å². The minimum absolute atomic E-state index is 0.109. The van der Waals surface area contributed by atoms with Gasteiger partial charge in [0.15, 0.2) is 6.04 Å². The molecule has 1 N–H and O–H groups in total. The Balaban J connectivity index is 1.88. The van der Waals surface area contributed by atoms with Crippen LogP contribution in [0.15, 0.2) is 66.5 Å². The van der Waals surface area contributed by atoms with Crippen LogP contribution in [0.25, 0.3) is 11.0 Å². The van der Waals surface area contributed by atoms with Gasteiger partial charge in [0.25, 0.3) is 0 Å². The van der Waals surface area contributed by atoms with Crippen molar-refractivity contribution in [1.29, 1.82) is 0 Å². The van der Waals surface area contributed by atoms with Gasteiger partial charge in [0.05, 0.1) is 11.6 Å². The fourth-order valence-corrected chi connectivity index (χ4v) is 2.50. The minimum atomic E-state index is -0.605. The Bertz CT molecular complexity index is 896. The third-order valence-corrected chi connectivity index (χ3v) is 3.56. The summed E-state index contributed by atoms with van der Waals surface area (Å²) in [5, 5.41) is 18.8. The van der Waals surface area contributed by atoms with E-state index in [4.69, 9.17) is 8.83 Å². The van der Waals surface area contributed by atoms with Crippen molar-refractivity contribution in [2.24, 2.45) is 10.2 Å². The van der Waals surface area contributed by atoms with Gasteiger partial charge in [0.1, 0.15) is 28.7 Å². The Labute approximate surface area is 118 Å². The fourth-order valence-electron chi connectivity index (χ4n) is 2.50. The van der Waals surface area contributed by atoms with Gasteiger partial charge in [-0.15, -0.1) is 0 Å². The van der Waals surface area contributed by atoms with E-state index in [1.54, 1.807) is 36.4 Å². The van der Waals surface area contributed by atoms with Crippen LogP contribution >= 0.6 is 0 Å². The predicted octanol–water partition coefficient (Wildman–Crippen LogP) is 3.34. The van der Waals surface area contributed by atoms with E-state index in [0.29, 0.717) is 16.7 Å². The van der Waals surface area contributed by atoms with Crippen molar-refractivity contribution in [3.63, 3.8) is 0 Å². The van der Waals surface area contributed by atoms with Crippen molar-refractivity contribution in [1.82, 2.24) is 0 Å². The Hall–Kier alpha value is -2.89. The zero-order valence-corrected chi connectivity index (χ0v) is 10.8. The molecular weight excluding hydrogens is 272 g/mol. The lowest BCUT2D eigenvalue weighted by atomic mass is 9.96. The number of hydrogen-bond donors (Lipinski definition) is 1. The Kier molecular flexibility index (Phi) is 2.44. The summed E-state index contributed by atoms with van der Waals surface area (Å²) in [5.74, 6) is 0.490. The minimum Gasteiger partial charge on any atom is -0.507 e. The van der Waals surface area contributed by atoms with E-state index >= 15 is 0 Å². The maximum atomic E-state index is 12.1. The molecule has 1 aromatic carbocycles. The third kappa shape index (κ3) is 1.69. The van der Waals surface area contributed by atoms with Crippen molar-refractivity contribution in [3.8, 4) is 5.75 Å². The highest BCUT2D eigenvalue weighted by molar-refractivity contribution is 5.84.